The van der Waals surface area contributed by atoms with Crippen LogP contribution in [-0.4, -0.2) is 15.5 Å². The zero-order valence-corrected chi connectivity index (χ0v) is 9.40. The Morgan fingerprint density at radius 1 is 1.40 bits per heavy atom. The summed E-state index contributed by atoms with van der Waals surface area (Å²) < 4.78 is 0. The lowest BCUT2D eigenvalue weighted by atomic mass is 10.2. The van der Waals surface area contributed by atoms with Gasteiger partial charge >= 0.3 is 5.09 Å². The lowest BCUT2D eigenvalue weighted by Gasteiger charge is -1.92. The van der Waals surface area contributed by atoms with Crippen LogP contribution in [0.15, 0.2) is 24.3 Å². The summed E-state index contributed by atoms with van der Waals surface area (Å²) in [5.41, 5.74) is 0.924. The minimum atomic E-state index is -1.75. The number of aromatic hydroxyl groups is 1. The van der Waals surface area contributed by atoms with Crippen molar-refractivity contribution in [2.75, 3.05) is 5.34 Å². The van der Waals surface area contributed by atoms with E-state index < -0.39 is 5.09 Å². The third kappa shape index (κ3) is 15.5. The van der Waals surface area contributed by atoms with Crippen molar-refractivity contribution in [3.05, 3.63) is 39.9 Å². The van der Waals surface area contributed by atoms with E-state index in [9.17, 15) is 0 Å². The number of nitrogens with zero attached hydrogens (tertiary/aromatic N) is 1. The molecule has 0 aromatic heterocycles. The molecule has 15 heavy (non-hydrogen) atoms. The Balaban J connectivity index is 0. The lowest BCUT2D eigenvalue weighted by molar-refractivity contribution is -0.782. The second kappa shape index (κ2) is 10.9. The van der Waals surface area contributed by atoms with Crippen molar-refractivity contribution in [2.24, 2.45) is 0 Å². The van der Waals surface area contributed by atoms with E-state index in [2.05, 4.69) is 0 Å². The fourth-order valence-corrected chi connectivity index (χ4v) is 0.563. The van der Waals surface area contributed by atoms with Crippen LogP contribution in [0.2, 0.25) is 0 Å². The first-order valence-corrected chi connectivity index (χ1v) is 4.70. The third-order valence-corrected chi connectivity index (χ3v) is 1.12. The highest BCUT2D eigenvalue weighted by molar-refractivity contribution is 6.40. The third-order valence-electron chi connectivity index (χ3n) is 1.12. The van der Waals surface area contributed by atoms with Crippen LogP contribution in [0.5, 0.6) is 5.75 Å². The molecule has 1 rings (SSSR count). The first-order valence-electron chi connectivity index (χ1n) is 3.63. The summed E-state index contributed by atoms with van der Waals surface area (Å²) in [6.07, 6.45) is 0. The maximum atomic E-state index is 8.92. The van der Waals surface area contributed by atoms with Gasteiger partial charge in [-0.05, 0) is 18.6 Å². The Morgan fingerprint density at radius 3 is 1.93 bits per heavy atom. The molecule has 5 nitrogen and oxygen atoms in total. The highest BCUT2D eigenvalue weighted by Gasteiger charge is 1.86. The number of alkyl halides is 2. The molecule has 1 radical (unpaired) electrons. The molecular formula is C8H10Cl2NO4. The monoisotopic (exact) mass is 254 g/mol. The summed E-state index contributed by atoms with van der Waals surface area (Å²) >= 11 is 9.53. The average molecular weight is 255 g/mol. The van der Waals surface area contributed by atoms with E-state index in [4.69, 9.17) is 43.6 Å². The van der Waals surface area contributed by atoms with Gasteiger partial charge in [-0.15, -0.1) is 38.5 Å². The van der Waals surface area contributed by atoms with Gasteiger partial charge in [-0.1, -0.05) is 18.2 Å². The first-order chi connectivity index (χ1) is 6.95. The number of rotatable bonds is 0. The molecule has 1 N–H and O–H groups in total. The van der Waals surface area contributed by atoms with Gasteiger partial charge in [0, 0.05) is 0 Å². The van der Waals surface area contributed by atoms with E-state index in [1.165, 1.54) is 0 Å². The van der Waals surface area contributed by atoms with E-state index in [-0.39, 0.29) is 5.34 Å². The standard InChI is InChI=1S/C7H8O.CH2Cl2.NO3/c1-6-4-2-3-5-7(6)8;2-1-3;2-1(3)4/h2-5,8H,1H3;1H2;. The van der Waals surface area contributed by atoms with Crippen molar-refractivity contribution in [2.45, 2.75) is 6.92 Å². The number of halogens is 2. The SMILES string of the molecule is Cc1ccccc1O.ClCCl.[O][N+](=O)[O-]. The van der Waals surface area contributed by atoms with Gasteiger partial charge in [-0.25, -0.2) is 0 Å². The van der Waals surface area contributed by atoms with Crippen molar-refractivity contribution < 1.29 is 15.4 Å². The second-order valence-electron chi connectivity index (χ2n) is 2.11. The molecule has 0 unspecified atom stereocenters. The summed E-state index contributed by atoms with van der Waals surface area (Å²) in [6.45, 7) is 1.87. The molecule has 0 heterocycles. The van der Waals surface area contributed by atoms with Crippen LogP contribution in [0.3, 0.4) is 0 Å². The van der Waals surface area contributed by atoms with Crippen molar-refractivity contribution in [1.82, 2.24) is 0 Å². The number of hydrogen-bond acceptors (Lipinski definition) is 3. The molecule has 0 amide bonds. The first kappa shape index (κ1) is 16.2. The van der Waals surface area contributed by atoms with E-state index in [0.29, 0.717) is 5.75 Å². The average Bonchev–Trinajstić information content (AvgIpc) is 2.10. The topological polar surface area (TPSA) is 83.3 Å². The molecule has 0 bridgehead atoms. The number of para-hydroxylation sites is 1. The highest BCUT2D eigenvalue weighted by Crippen LogP contribution is 2.12. The molecule has 85 valence electrons. The Morgan fingerprint density at radius 2 is 1.73 bits per heavy atom. The molecule has 1 aromatic rings. The Hall–Kier alpha value is -1.20. The Bertz CT molecular complexity index is 258. The quantitative estimate of drug-likeness (QED) is 0.439. The Kier molecular flexibility index (Phi) is 11.8. The van der Waals surface area contributed by atoms with Crippen molar-refractivity contribution >= 4 is 23.2 Å². The van der Waals surface area contributed by atoms with Gasteiger partial charge in [-0.2, -0.15) is 0 Å². The van der Waals surface area contributed by atoms with Crippen LogP contribution < -0.4 is 0 Å². The van der Waals surface area contributed by atoms with E-state index in [1.807, 2.05) is 25.1 Å². The number of aryl methyl sites for hydroxylation is 1. The molecule has 0 fully saturated rings. The van der Waals surface area contributed by atoms with Crippen LogP contribution in [0.4, 0.5) is 0 Å². The van der Waals surface area contributed by atoms with Gasteiger partial charge in [0.15, 0.2) is 0 Å². The van der Waals surface area contributed by atoms with Crippen LogP contribution in [-0.2, 0) is 5.21 Å². The molecule has 0 aliphatic heterocycles. The molecule has 0 spiro atoms. The Labute approximate surface area is 97.0 Å². The molecule has 0 aliphatic carbocycles. The normalized spacial score (nSPS) is 7.67. The fourth-order valence-electron chi connectivity index (χ4n) is 0.563. The number of hydrogen-bond donors (Lipinski definition) is 1. The van der Waals surface area contributed by atoms with Gasteiger partial charge in [0.1, 0.15) is 5.75 Å². The maximum absolute atomic E-state index is 8.92. The summed E-state index contributed by atoms with van der Waals surface area (Å²) in [5, 5.41) is 23.9. The zero-order valence-electron chi connectivity index (χ0n) is 7.89. The molecule has 1 aromatic carbocycles. The number of benzene rings is 1. The largest absolute Gasteiger partial charge is 0.508 e. The van der Waals surface area contributed by atoms with Gasteiger partial charge in [0.2, 0.25) is 0 Å². The van der Waals surface area contributed by atoms with Gasteiger partial charge in [0.25, 0.3) is 0 Å². The molecule has 0 aliphatic rings. The van der Waals surface area contributed by atoms with Gasteiger partial charge in [0.05, 0.1) is 5.34 Å². The minimum absolute atomic E-state index is 0.194. The minimum Gasteiger partial charge on any atom is -0.508 e. The van der Waals surface area contributed by atoms with Crippen molar-refractivity contribution in [1.29, 1.82) is 0 Å². The van der Waals surface area contributed by atoms with Gasteiger partial charge in [-0.3, -0.25) is 0 Å². The summed E-state index contributed by atoms with van der Waals surface area (Å²) in [6, 6.07) is 7.25. The van der Waals surface area contributed by atoms with Crippen LogP contribution >= 0.6 is 23.2 Å². The number of phenols is 1. The molecule has 0 saturated carbocycles. The summed E-state index contributed by atoms with van der Waals surface area (Å²) in [4.78, 5) is 8.25. The summed E-state index contributed by atoms with van der Waals surface area (Å²) in [7, 11) is 0. The predicted octanol–water partition coefficient (Wildman–Crippen LogP) is 2.73. The van der Waals surface area contributed by atoms with E-state index >= 15 is 0 Å². The van der Waals surface area contributed by atoms with Crippen LogP contribution in [0.25, 0.3) is 0 Å². The van der Waals surface area contributed by atoms with Crippen molar-refractivity contribution in [3.8, 4) is 5.75 Å². The zero-order chi connectivity index (χ0) is 12.3. The van der Waals surface area contributed by atoms with Crippen molar-refractivity contribution in [3.63, 3.8) is 0 Å². The van der Waals surface area contributed by atoms with E-state index in [1.54, 1.807) is 6.07 Å². The lowest BCUT2D eigenvalue weighted by Crippen LogP contribution is -1.77. The smallest absolute Gasteiger partial charge is 0.322 e. The fraction of sp³-hybridized carbons (Fsp3) is 0.250. The molecule has 0 saturated heterocycles. The molecule has 7 heteroatoms. The highest BCUT2D eigenvalue weighted by atomic mass is 35.5. The molecular weight excluding hydrogens is 245 g/mol. The summed E-state index contributed by atoms with van der Waals surface area (Å²) in [5.74, 6) is 0.368. The predicted molar refractivity (Wildman–Crippen MR) is 57.1 cm³/mol. The maximum Gasteiger partial charge on any atom is 0.322 e. The number of phenolic OH excluding ortho intramolecular Hbond substituents is 1. The second-order valence-corrected chi connectivity index (χ2v) is 2.92. The molecule has 0 atom stereocenters. The van der Waals surface area contributed by atoms with Crippen LogP contribution in [0, 0.1) is 17.0 Å². The van der Waals surface area contributed by atoms with Crippen LogP contribution in [0.1, 0.15) is 5.56 Å². The van der Waals surface area contributed by atoms with Gasteiger partial charge < -0.3 is 5.11 Å². The van der Waals surface area contributed by atoms with E-state index in [0.717, 1.165) is 5.56 Å².